The molecular weight excluding hydrogens is 1640 g/mol. The number of benzene rings is 6. The molecule has 0 aliphatic heterocycles. The minimum atomic E-state index is 0. The third-order valence-corrected chi connectivity index (χ3v) is 9.72. The largest absolute Gasteiger partial charge is 0.452 e. The Morgan fingerprint density at radius 2 is 0.479 bits per heavy atom. The fourth-order valence-electron chi connectivity index (χ4n) is 7.05. The fourth-order valence-corrected chi connectivity index (χ4v) is 7.05. The Morgan fingerprint density at radius 1 is 0.282 bits per heavy atom. The predicted molar refractivity (Wildman–Crippen MR) is 284 cm³/mol. The van der Waals surface area contributed by atoms with E-state index in [4.69, 9.17) is 17.7 Å². The topological polar surface area (TPSA) is 52.6 Å². The second kappa shape index (κ2) is 53.6. The molecule has 0 saturated carbocycles. The molecule has 0 N–H and O–H groups in total. The number of furan rings is 4. The minimum Gasteiger partial charge on any atom is -0.452 e. The van der Waals surface area contributed by atoms with Gasteiger partial charge in [-0.1, -0.05) is 123 Å². The Kier molecular flexibility index (Phi) is 84.2. The standard InChI is InChI=1S/C22H18O2.C21H16O2.2C2H6.6CH4.4CH3.10Y/c1-3-13-5-9-19-17(11-13)15-7-8-16-18-12-14(4-2)6-10-20(18)24-22(16)21(15)23-19;1-3-13-5-9-19-17(11-13)15-7-6-14-16-10-12(2)4-8-18(16)22-20(14)21(15)23-19;2*1-2;;;;;;;;;;;;;;;;;;;;/h5-12H,3-4H2,1-2H3;4-11H,3H2,1-2H3;2*1-2H3;6*1H4;4*1H3;;;;;;;;;;/q;;;;;;;;;;4*-1;;;;;;;;;;. The maximum Gasteiger partial charge on any atom is 0.178 e. The molecule has 10 aromatic rings. The van der Waals surface area contributed by atoms with Crippen molar-refractivity contribution in [3.05, 3.63) is 149 Å². The van der Waals surface area contributed by atoms with Gasteiger partial charge in [0.25, 0.3) is 0 Å². The molecule has 0 aliphatic carbocycles. The number of fused-ring (bicyclic) bond motifs is 14. The molecule has 10 rings (SSSR count). The number of hydrogen-bond donors (Lipinski definition) is 0. The van der Waals surface area contributed by atoms with E-state index in [0.717, 1.165) is 96.2 Å². The van der Waals surface area contributed by atoms with Crippen molar-refractivity contribution in [1.29, 1.82) is 0 Å². The summed E-state index contributed by atoms with van der Waals surface area (Å²) in [4.78, 5) is 0. The van der Waals surface area contributed by atoms with E-state index in [2.05, 4.69) is 119 Å². The van der Waals surface area contributed by atoms with Gasteiger partial charge in [0.15, 0.2) is 22.3 Å². The van der Waals surface area contributed by atoms with Crippen LogP contribution in [0.15, 0.2) is 115 Å². The summed E-state index contributed by atoms with van der Waals surface area (Å²) in [5.74, 6) is 0. The van der Waals surface area contributed by atoms with Crippen LogP contribution in [0.5, 0.6) is 0 Å². The zero-order chi connectivity index (χ0) is 35.8. The van der Waals surface area contributed by atoms with Crippen molar-refractivity contribution in [3.8, 4) is 0 Å². The Morgan fingerprint density at radius 3 is 0.690 bits per heavy atom. The van der Waals surface area contributed by atoms with E-state index in [1.807, 2.05) is 33.8 Å². The van der Waals surface area contributed by atoms with Gasteiger partial charge in [-0.15, -0.1) is 0 Å². The first-order chi connectivity index (χ1) is 25.0. The van der Waals surface area contributed by atoms with Gasteiger partial charge in [0.05, 0.1) is 0 Å². The van der Waals surface area contributed by atoms with E-state index in [1.165, 1.54) is 33.0 Å². The van der Waals surface area contributed by atoms with E-state index in [9.17, 15) is 0 Å². The molecule has 0 fully saturated rings. The molecule has 14 heteroatoms. The summed E-state index contributed by atoms with van der Waals surface area (Å²) in [5.41, 5.74) is 12.3. The predicted octanol–water partition coefficient (Wildman–Crippen LogP) is 20.6. The van der Waals surface area contributed by atoms with Gasteiger partial charge >= 0.3 is 0 Å². The summed E-state index contributed by atoms with van der Waals surface area (Å²) in [6, 6.07) is 34.2. The van der Waals surface area contributed by atoms with Gasteiger partial charge in [-0.3, -0.25) is 0 Å². The number of hydrogen-bond acceptors (Lipinski definition) is 4. The van der Waals surface area contributed by atoms with E-state index >= 15 is 0 Å². The normalized spacial score (nSPS) is 8.17. The molecule has 0 saturated heterocycles. The number of rotatable bonds is 3. The molecule has 0 aliphatic rings. The van der Waals surface area contributed by atoms with Crippen LogP contribution in [0.4, 0.5) is 0 Å². The minimum absolute atomic E-state index is 0. The molecule has 0 atom stereocenters. The van der Waals surface area contributed by atoms with Crippen LogP contribution in [0.1, 0.15) is 115 Å². The van der Waals surface area contributed by atoms with Crippen molar-refractivity contribution >= 4 is 87.8 Å². The molecule has 0 bridgehead atoms. The molecule has 4 aromatic heterocycles. The van der Waals surface area contributed by atoms with Crippen LogP contribution in [0, 0.1) is 36.6 Å². The molecule has 71 heavy (non-hydrogen) atoms. The summed E-state index contributed by atoms with van der Waals surface area (Å²) in [6.45, 7) is 16.6. The van der Waals surface area contributed by atoms with Gasteiger partial charge < -0.3 is 47.4 Å². The van der Waals surface area contributed by atoms with Crippen LogP contribution in [-0.4, -0.2) is 0 Å². The zero-order valence-electron chi connectivity index (χ0n) is 40.8. The van der Waals surface area contributed by atoms with Crippen molar-refractivity contribution in [1.82, 2.24) is 0 Å². The van der Waals surface area contributed by atoms with Gasteiger partial charge in [-0.25, -0.2) is 0 Å². The Hall–Kier alpha value is 5.56. The van der Waals surface area contributed by atoms with Gasteiger partial charge in [-0.05, 0) is 116 Å². The second-order valence-corrected chi connectivity index (χ2v) is 12.6. The first kappa shape index (κ1) is 112. The number of aryl methyl sites for hydroxylation is 4. The summed E-state index contributed by atoms with van der Waals surface area (Å²) >= 11 is 0. The summed E-state index contributed by atoms with van der Waals surface area (Å²) < 4.78 is 24.6. The van der Waals surface area contributed by atoms with E-state index < -0.39 is 0 Å². The summed E-state index contributed by atoms with van der Waals surface area (Å²) in [7, 11) is 0. The maximum atomic E-state index is 6.16. The smallest absolute Gasteiger partial charge is 0.178 e. The molecule has 4 heterocycles. The molecule has 0 spiro atoms. The monoisotopic (exact) mass is 1720 g/mol. The molecule has 6 aromatic carbocycles. The molecule has 10 radical (unpaired) electrons. The van der Waals surface area contributed by atoms with E-state index in [1.54, 1.807) is 0 Å². The van der Waals surface area contributed by atoms with Crippen LogP contribution in [0.2, 0.25) is 0 Å². The van der Waals surface area contributed by atoms with Crippen molar-refractivity contribution in [2.75, 3.05) is 0 Å². The maximum absolute atomic E-state index is 6.16. The van der Waals surface area contributed by atoms with Gasteiger partial charge in [0, 0.05) is 370 Å². The average molecular weight is 1720 g/mol. The zero-order valence-corrected chi connectivity index (χ0v) is 69.1. The average Bonchev–Trinajstić information content (AvgIpc) is 3.95. The fraction of sp³-hybridized carbons (Fsp3) is 0.298. The summed E-state index contributed by atoms with van der Waals surface area (Å²) in [6.07, 6.45) is 3.07. The molecule has 368 valence electrons. The second-order valence-electron chi connectivity index (χ2n) is 12.6. The van der Waals surface area contributed by atoms with Gasteiger partial charge in [0.1, 0.15) is 22.3 Å². The van der Waals surface area contributed by atoms with Gasteiger partial charge in [0.2, 0.25) is 0 Å². The molecule has 0 amide bonds. The van der Waals surface area contributed by atoms with Crippen molar-refractivity contribution < 1.29 is 345 Å². The van der Waals surface area contributed by atoms with Crippen LogP contribution < -0.4 is 0 Å². The van der Waals surface area contributed by atoms with Crippen molar-refractivity contribution in [2.24, 2.45) is 0 Å². The van der Waals surface area contributed by atoms with E-state index in [-0.39, 0.29) is 401 Å². The molecular formula is C57H82O4Y10-4. The Bertz CT molecular complexity index is 2760. The summed E-state index contributed by atoms with van der Waals surface area (Å²) in [5, 5.41) is 9.14. The first-order valence-electron chi connectivity index (χ1n) is 18.6. The third kappa shape index (κ3) is 24.4. The molecule has 0 unspecified atom stereocenters. The van der Waals surface area contributed by atoms with Crippen molar-refractivity contribution in [3.63, 3.8) is 0 Å². The Labute approximate surface area is 686 Å². The van der Waals surface area contributed by atoms with Crippen LogP contribution in [-0.2, 0) is 346 Å². The third-order valence-electron chi connectivity index (χ3n) is 9.72. The Balaban J connectivity index is -0.0000000564. The van der Waals surface area contributed by atoms with E-state index in [0.29, 0.717) is 0 Å². The van der Waals surface area contributed by atoms with Crippen LogP contribution in [0.3, 0.4) is 0 Å². The van der Waals surface area contributed by atoms with Crippen LogP contribution >= 0.6 is 0 Å². The quantitative estimate of drug-likeness (QED) is 0.165. The van der Waals surface area contributed by atoms with Gasteiger partial charge in [-0.2, -0.15) is 0 Å². The SMILES string of the molecule is C.C.C.C.C.C.CC.CC.CCc1ccc2oc3c(ccc4c5cc(C)ccc5oc43)c2c1.CCc1ccc2oc3c(ccc4c5cc(CC)ccc5oc43)c2c1.[CH3-].[CH3-].[CH3-].[CH3-].[Y].[Y].[Y].[Y].[Y].[Y].[Y].[Y].[Y].[Y]. The van der Waals surface area contributed by atoms with Crippen LogP contribution in [0.25, 0.3) is 87.8 Å². The molecule has 4 nitrogen and oxygen atoms in total. The first-order valence-corrected chi connectivity index (χ1v) is 18.6. The van der Waals surface area contributed by atoms with Crippen molar-refractivity contribution in [2.45, 2.75) is 119 Å².